The summed E-state index contributed by atoms with van der Waals surface area (Å²) in [6.45, 7) is 25.9. The Morgan fingerprint density at radius 3 is 1.64 bits per heavy atom. The summed E-state index contributed by atoms with van der Waals surface area (Å²) in [6.07, 6.45) is 0.155. The van der Waals surface area contributed by atoms with Gasteiger partial charge in [-0.3, -0.25) is 0 Å². The molecule has 1 N–H and O–H groups in total. The van der Waals surface area contributed by atoms with Crippen molar-refractivity contribution >= 4 is 56.9 Å². The van der Waals surface area contributed by atoms with E-state index in [9.17, 15) is 0 Å². The van der Waals surface area contributed by atoms with Crippen LogP contribution in [0.4, 0.5) is 11.4 Å². The van der Waals surface area contributed by atoms with Crippen molar-refractivity contribution in [3.63, 3.8) is 0 Å². The molecule has 1 heterocycles. The fraction of sp³-hybridized carbons (Fsp3) is 0.292. The normalized spacial score (nSPS) is 13.1. The van der Waals surface area contributed by atoms with Crippen LogP contribution in [0.1, 0.15) is 66.6 Å². The molecule has 0 aliphatic carbocycles. The Kier molecular flexibility index (Phi) is 13.0. The summed E-state index contributed by atoms with van der Waals surface area (Å²) < 4.78 is 13.4. The van der Waals surface area contributed by atoms with E-state index in [1.54, 1.807) is 0 Å². The Bertz CT molecular complexity index is 2270. The summed E-state index contributed by atoms with van der Waals surface area (Å²) in [6, 6.07) is 32.3. The Labute approximate surface area is 341 Å². The number of benzene rings is 6. The number of anilines is 2. The number of aryl methyl sites for hydroxylation is 6. The van der Waals surface area contributed by atoms with Crippen molar-refractivity contribution in [3.8, 4) is 22.6 Å². The molecule has 7 heteroatoms. The van der Waals surface area contributed by atoms with Crippen molar-refractivity contribution in [1.29, 1.82) is 0 Å². The van der Waals surface area contributed by atoms with E-state index >= 15 is 0 Å². The van der Waals surface area contributed by atoms with E-state index in [0.29, 0.717) is 0 Å². The molecule has 290 valence electrons. The quantitative estimate of drug-likeness (QED) is 0.0867. The van der Waals surface area contributed by atoms with E-state index in [1.807, 2.05) is 4.61 Å². The number of hydrogen-bond acceptors (Lipinski definition) is 3. The Morgan fingerprint density at radius 2 is 1.15 bits per heavy atom. The molecule has 0 spiro atoms. The molecule has 0 bridgehead atoms. The Hall–Kier alpha value is -3.89. The summed E-state index contributed by atoms with van der Waals surface area (Å²) in [5.41, 5.74) is 14.0. The van der Waals surface area contributed by atoms with E-state index in [4.69, 9.17) is 28.9 Å². The second-order valence-electron chi connectivity index (χ2n) is 15.3. The van der Waals surface area contributed by atoms with E-state index in [-0.39, 0.29) is 12.2 Å². The van der Waals surface area contributed by atoms with Gasteiger partial charge in [0.1, 0.15) is 0 Å². The first-order valence-corrected chi connectivity index (χ1v) is 24.5. The molecule has 0 aromatic heterocycles. The Morgan fingerprint density at radius 1 is 0.655 bits per heavy atom. The second-order valence-corrected chi connectivity index (χ2v) is 21.0. The van der Waals surface area contributed by atoms with Gasteiger partial charge in [0.15, 0.2) is 0 Å². The van der Waals surface area contributed by atoms with Crippen molar-refractivity contribution in [2.45, 2.75) is 81.4 Å². The summed E-state index contributed by atoms with van der Waals surface area (Å²) in [5.74, 6) is 1.77. The maximum Gasteiger partial charge on any atom is 0.0146 e. The minimum absolute atomic E-state index is 0.0455. The SMILES string of the molecule is CC(C)Oc1ccc2ccccc2c1-c1c([OH+]C(C)C)c([CH]=[Ru]([Cl])[Cl])cc2ccccc12.Cc1cc(C)c(N2[CH-]N(c3c(C)cc(C)cc3C)CC2)c(C)c1. The number of halogens is 2. The Balaban J connectivity index is 0.000000197. The van der Waals surface area contributed by atoms with Crippen molar-refractivity contribution in [1.82, 2.24) is 0 Å². The summed E-state index contributed by atoms with van der Waals surface area (Å²) in [5, 5.41) is 4.56. The van der Waals surface area contributed by atoms with E-state index in [1.165, 1.54) is 44.8 Å². The van der Waals surface area contributed by atoms with Crippen molar-refractivity contribution < 1.29 is 23.0 Å². The third kappa shape index (κ3) is 9.23. The zero-order valence-corrected chi connectivity index (χ0v) is 37.0. The summed E-state index contributed by atoms with van der Waals surface area (Å²) in [7, 11) is 12.7. The first-order chi connectivity index (χ1) is 26.2. The molecule has 55 heavy (non-hydrogen) atoms. The molecule has 7 rings (SSSR count). The van der Waals surface area contributed by atoms with E-state index in [0.717, 1.165) is 62.8 Å². The standard InChI is InChI=1S/C27H26O2.C21H27N2.2ClH.Ru/c1-17(2)28-24-15-14-20-10-6-8-12-22(20)25(24)26-23-13-9-7-11-21(23)16-19(5)27(26)29-18(3)4;1-14-9-16(3)20(17(4)10-14)22-7-8-23(13-22)21-18(5)11-15(2)12-19(21)6;;;/h5-18H,1-4H3;9-13H,7-8H2,1-6H3;2*1H;/q;-1;;;+2/p-1. The van der Waals surface area contributed by atoms with Gasteiger partial charge < -0.3 is 9.80 Å². The van der Waals surface area contributed by atoms with Crippen LogP contribution in [0.5, 0.6) is 11.5 Å². The van der Waals surface area contributed by atoms with Crippen LogP contribution in [0.2, 0.25) is 0 Å². The maximum absolute atomic E-state index is 6.35. The van der Waals surface area contributed by atoms with Crippen molar-refractivity contribution in [2.24, 2.45) is 0 Å². The molecular formula is C48H54Cl2N2O2Ru. The number of fused-ring (bicyclic) bond motifs is 2. The third-order valence-corrected chi connectivity index (χ3v) is 11.7. The van der Waals surface area contributed by atoms with E-state index in [2.05, 4.69) is 177 Å². The number of nitrogens with zero attached hydrogens (tertiary/aromatic N) is 2. The predicted molar refractivity (Wildman–Crippen MR) is 237 cm³/mol. The molecule has 0 amide bonds. The zero-order chi connectivity index (χ0) is 39.6. The number of hydrogen-bond donors (Lipinski definition) is 0. The van der Waals surface area contributed by atoms with Crippen LogP contribution < -0.4 is 14.5 Å². The van der Waals surface area contributed by atoms with Crippen LogP contribution in [-0.2, 0) is 13.5 Å². The maximum atomic E-state index is 6.35. The van der Waals surface area contributed by atoms with Gasteiger partial charge in [0, 0.05) is 24.5 Å². The van der Waals surface area contributed by atoms with E-state index < -0.39 is 13.5 Å². The number of aromatic hydroxyl groups is 1. The fourth-order valence-corrected chi connectivity index (χ4v) is 9.89. The molecule has 1 aliphatic rings. The van der Waals surface area contributed by atoms with Gasteiger partial charge in [-0.15, -0.1) is 0 Å². The molecule has 0 saturated carbocycles. The molecule has 1 fully saturated rings. The van der Waals surface area contributed by atoms with Gasteiger partial charge in [-0.2, -0.15) is 6.67 Å². The van der Waals surface area contributed by atoms with Gasteiger partial charge in [0.25, 0.3) is 0 Å². The minimum atomic E-state index is -2.07. The van der Waals surface area contributed by atoms with Gasteiger partial charge in [0.2, 0.25) is 0 Å². The van der Waals surface area contributed by atoms with Crippen LogP contribution in [0.25, 0.3) is 32.7 Å². The average molecular weight is 863 g/mol. The molecule has 6 aromatic carbocycles. The third-order valence-electron chi connectivity index (χ3n) is 9.84. The largest absolute Gasteiger partial charge is 0.502 e. The van der Waals surface area contributed by atoms with Gasteiger partial charge in [-0.1, -0.05) is 35.4 Å². The van der Waals surface area contributed by atoms with Crippen LogP contribution >= 0.6 is 19.4 Å². The van der Waals surface area contributed by atoms with Gasteiger partial charge in [-0.05, 0) is 63.8 Å². The zero-order valence-electron chi connectivity index (χ0n) is 33.7. The first-order valence-electron chi connectivity index (χ1n) is 19.0. The number of rotatable bonds is 8. The molecule has 0 radical (unpaired) electrons. The van der Waals surface area contributed by atoms with Crippen molar-refractivity contribution in [3.05, 3.63) is 137 Å². The molecule has 6 aromatic rings. The fourth-order valence-electron chi connectivity index (χ4n) is 8.12. The molecule has 1 aliphatic heterocycles. The number of aliphatic hydroxyl groups is 1. The first kappa shape index (κ1) is 40.8. The molecule has 4 nitrogen and oxygen atoms in total. The summed E-state index contributed by atoms with van der Waals surface area (Å²) in [4.78, 5) is 4.81. The van der Waals surface area contributed by atoms with Gasteiger partial charge in [0.05, 0.1) is 0 Å². The van der Waals surface area contributed by atoms with Gasteiger partial charge >= 0.3 is 203 Å². The minimum Gasteiger partial charge on any atom is -0.502 e. The van der Waals surface area contributed by atoms with Crippen LogP contribution in [-0.4, -0.2) is 34.6 Å². The predicted octanol–water partition coefficient (Wildman–Crippen LogP) is 13.2. The smallest absolute Gasteiger partial charge is 0.0146 e. The second kappa shape index (κ2) is 17.5. The van der Waals surface area contributed by atoms with Crippen LogP contribution in [0.15, 0.2) is 91.0 Å². The average Bonchev–Trinajstić information content (AvgIpc) is 3.56. The molecule has 0 atom stereocenters. The summed E-state index contributed by atoms with van der Waals surface area (Å²) >= 11 is -2.07. The number of ether oxygens (including phenoxy) is 2. The van der Waals surface area contributed by atoms with Crippen molar-refractivity contribution in [2.75, 3.05) is 22.9 Å². The van der Waals surface area contributed by atoms with Crippen LogP contribution in [0, 0.1) is 48.2 Å². The topological polar surface area (TPSA) is 28.5 Å². The van der Waals surface area contributed by atoms with Crippen LogP contribution in [0.3, 0.4) is 0 Å². The molecule has 1 saturated heterocycles. The molecular weight excluding hydrogens is 809 g/mol. The molecule has 0 unspecified atom stereocenters. The monoisotopic (exact) mass is 862 g/mol. The van der Waals surface area contributed by atoms with Gasteiger partial charge in [-0.25, -0.2) is 0 Å².